The molecule has 22 heavy (non-hydrogen) atoms. The van der Waals surface area contributed by atoms with Crippen molar-refractivity contribution in [2.75, 3.05) is 7.11 Å². The summed E-state index contributed by atoms with van der Waals surface area (Å²) in [4.78, 5) is 17.7. The van der Waals surface area contributed by atoms with Crippen LogP contribution < -0.4 is 10.3 Å². The molecule has 0 atom stereocenters. The number of aromatic nitrogens is 2. The summed E-state index contributed by atoms with van der Waals surface area (Å²) in [6.07, 6.45) is 0.664. The first-order valence-corrected chi connectivity index (χ1v) is 7.32. The van der Waals surface area contributed by atoms with E-state index in [1.54, 1.807) is 11.7 Å². The Kier molecular flexibility index (Phi) is 3.67. The smallest absolute Gasteiger partial charge is 0.266 e. The van der Waals surface area contributed by atoms with Crippen LogP contribution in [-0.4, -0.2) is 16.7 Å². The Bertz CT molecular complexity index is 897. The van der Waals surface area contributed by atoms with Gasteiger partial charge in [0.05, 0.1) is 23.7 Å². The van der Waals surface area contributed by atoms with Gasteiger partial charge in [0.2, 0.25) is 0 Å². The topological polar surface area (TPSA) is 44.1 Å². The third-order valence-electron chi connectivity index (χ3n) is 3.81. The molecule has 0 amide bonds. The molecule has 0 bridgehead atoms. The number of methoxy groups -OCH3 is 1. The fourth-order valence-electron chi connectivity index (χ4n) is 2.73. The van der Waals surface area contributed by atoms with Crippen molar-refractivity contribution in [1.82, 2.24) is 9.55 Å². The van der Waals surface area contributed by atoms with Crippen LogP contribution in [0.2, 0.25) is 0 Å². The van der Waals surface area contributed by atoms with Gasteiger partial charge in [0.15, 0.2) is 0 Å². The van der Waals surface area contributed by atoms with E-state index in [-0.39, 0.29) is 5.56 Å². The minimum atomic E-state index is -0.0601. The molecule has 0 N–H and O–H groups in total. The number of benzene rings is 2. The van der Waals surface area contributed by atoms with Gasteiger partial charge in [-0.15, -0.1) is 0 Å². The van der Waals surface area contributed by atoms with Crippen LogP contribution in [-0.2, 0) is 6.42 Å². The van der Waals surface area contributed by atoms with Gasteiger partial charge < -0.3 is 4.74 Å². The molecule has 0 fully saturated rings. The van der Waals surface area contributed by atoms with Gasteiger partial charge >= 0.3 is 0 Å². The molecule has 4 nitrogen and oxygen atoms in total. The maximum atomic E-state index is 13.0. The predicted molar refractivity (Wildman–Crippen MR) is 88.0 cm³/mol. The van der Waals surface area contributed by atoms with Crippen LogP contribution in [0, 0.1) is 6.92 Å². The monoisotopic (exact) mass is 294 g/mol. The molecule has 0 aliphatic carbocycles. The standard InChI is InChI=1S/C18H18N2O2/c1-4-16-19-14-10-6-5-9-13(14)18(21)20(16)17-12(2)8-7-11-15(17)22-3/h5-11H,4H2,1-3H3. The number of ether oxygens (including phenoxy) is 1. The van der Waals surface area contributed by atoms with E-state index in [4.69, 9.17) is 4.74 Å². The van der Waals surface area contributed by atoms with Crippen molar-refractivity contribution in [2.45, 2.75) is 20.3 Å². The zero-order chi connectivity index (χ0) is 15.7. The first-order chi connectivity index (χ1) is 10.7. The molecule has 0 unspecified atom stereocenters. The Labute approximate surface area is 129 Å². The average molecular weight is 294 g/mol. The number of hydrogen-bond donors (Lipinski definition) is 0. The lowest BCUT2D eigenvalue weighted by Crippen LogP contribution is -2.24. The highest BCUT2D eigenvalue weighted by Gasteiger charge is 2.16. The number of para-hydroxylation sites is 2. The van der Waals surface area contributed by atoms with E-state index < -0.39 is 0 Å². The maximum absolute atomic E-state index is 13.0. The lowest BCUT2D eigenvalue weighted by Gasteiger charge is -2.17. The number of aryl methyl sites for hydroxylation is 2. The summed E-state index contributed by atoms with van der Waals surface area (Å²) in [5, 5.41) is 0.616. The van der Waals surface area contributed by atoms with Gasteiger partial charge in [-0.3, -0.25) is 9.36 Å². The third kappa shape index (κ3) is 2.17. The molecule has 112 valence electrons. The molecular formula is C18H18N2O2. The van der Waals surface area contributed by atoms with E-state index in [1.165, 1.54) is 0 Å². The molecule has 1 heterocycles. The fraction of sp³-hybridized carbons (Fsp3) is 0.222. The lowest BCUT2D eigenvalue weighted by molar-refractivity contribution is 0.411. The second-order valence-corrected chi connectivity index (χ2v) is 5.17. The molecule has 1 aromatic heterocycles. The highest BCUT2D eigenvalue weighted by molar-refractivity contribution is 5.78. The second kappa shape index (κ2) is 5.64. The van der Waals surface area contributed by atoms with Crippen LogP contribution in [0.25, 0.3) is 16.6 Å². The largest absolute Gasteiger partial charge is 0.495 e. The van der Waals surface area contributed by atoms with Crippen molar-refractivity contribution in [3.05, 3.63) is 64.2 Å². The van der Waals surface area contributed by atoms with Crippen molar-refractivity contribution in [3.8, 4) is 11.4 Å². The Hall–Kier alpha value is -2.62. The average Bonchev–Trinajstić information content (AvgIpc) is 2.55. The molecule has 2 aromatic carbocycles. The van der Waals surface area contributed by atoms with E-state index in [0.717, 1.165) is 22.6 Å². The number of nitrogens with zero attached hydrogens (tertiary/aromatic N) is 2. The fourth-order valence-corrected chi connectivity index (χ4v) is 2.73. The van der Waals surface area contributed by atoms with Crippen LogP contribution in [0.3, 0.4) is 0 Å². The molecule has 0 saturated carbocycles. The van der Waals surface area contributed by atoms with Crippen LogP contribution >= 0.6 is 0 Å². The molecule has 0 spiro atoms. The molecular weight excluding hydrogens is 276 g/mol. The van der Waals surface area contributed by atoms with Crippen molar-refractivity contribution in [3.63, 3.8) is 0 Å². The van der Waals surface area contributed by atoms with Crippen LogP contribution in [0.15, 0.2) is 47.3 Å². The minimum absolute atomic E-state index is 0.0601. The van der Waals surface area contributed by atoms with Crippen LogP contribution in [0.1, 0.15) is 18.3 Å². The molecule has 3 rings (SSSR count). The summed E-state index contributed by atoms with van der Waals surface area (Å²) in [6.45, 7) is 3.97. The minimum Gasteiger partial charge on any atom is -0.495 e. The lowest BCUT2D eigenvalue weighted by atomic mass is 10.1. The van der Waals surface area contributed by atoms with Crippen molar-refractivity contribution < 1.29 is 4.74 Å². The molecule has 3 aromatic rings. The Morgan fingerprint density at radius 2 is 1.91 bits per heavy atom. The SMILES string of the molecule is CCc1nc2ccccc2c(=O)n1-c1c(C)cccc1OC. The zero-order valence-corrected chi connectivity index (χ0v) is 13.0. The first kappa shape index (κ1) is 14.3. The van der Waals surface area contributed by atoms with Crippen LogP contribution in [0.5, 0.6) is 5.75 Å². The summed E-state index contributed by atoms with van der Waals surface area (Å²) in [5.74, 6) is 1.41. The van der Waals surface area contributed by atoms with Gasteiger partial charge in [0, 0.05) is 6.42 Å². The van der Waals surface area contributed by atoms with Gasteiger partial charge in [-0.25, -0.2) is 4.98 Å². The summed E-state index contributed by atoms with van der Waals surface area (Å²) in [7, 11) is 1.61. The van der Waals surface area contributed by atoms with Gasteiger partial charge in [-0.2, -0.15) is 0 Å². The predicted octanol–water partition coefficient (Wildman–Crippen LogP) is 3.27. The maximum Gasteiger partial charge on any atom is 0.266 e. The Morgan fingerprint density at radius 3 is 2.64 bits per heavy atom. The molecule has 4 heteroatoms. The summed E-state index contributed by atoms with van der Waals surface area (Å²) in [6, 6.07) is 13.2. The quantitative estimate of drug-likeness (QED) is 0.744. The van der Waals surface area contributed by atoms with Crippen molar-refractivity contribution in [1.29, 1.82) is 0 Å². The number of rotatable bonds is 3. The molecule has 0 aliphatic heterocycles. The van der Waals surface area contributed by atoms with E-state index in [1.807, 2.05) is 56.3 Å². The molecule has 0 saturated heterocycles. The van der Waals surface area contributed by atoms with E-state index in [2.05, 4.69) is 4.98 Å². The summed E-state index contributed by atoms with van der Waals surface area (Å²) >= 11 is 0. The normalized spacial score (nSPS) is 10.9. The second-order valence-electron chi connectivity index (χ2n) is 5.17. The first-order valence-electron chi connectivity index (χ1n) is 7.32. The zero-order valence-electron chi connectivity index (χ0n) is 13.0. The van der Waals surface area contributed by atoms with Crippen molar-refractivity contribution in [2.24, 2.45) is 0 Å². The highest BCUT2D eigenvalue weighted by Crippen LogP contribution is 2.26. The van der Waals surface area contributed by atoms with E-state index >= 15 is 0 Å². The summed E-state index contributed by atoms with van der Waals surface area (Å²) in [5.41, 5.74) is 2.42. The van der Waals surface area contributed by atoms with Crippen LogP contribution in [0.4, 0.5) is 0 Å². The summed E-state index contributed by atoms with van der Waals surface area (Å²) < 4.78 is 7.14. The number of fused-ring (bicyclic) bond motifs is 1. The van der Waals surface area contributed by atoms with Gasteiger partial charge in [0.1, 0.15) is 11.6 Å². The van der Waals surface area contributed by atoms with Gasteiger partial charge in [-0.1, -0.05) is 31.2 Å². The van der Waals surface area contributed by atoms with E-state index in [0.29, 0.717) is 17.6 Å². The van der Waals surface area contributed by atoms with Gasteiger partial charge in [-0.05, 0) is 30.7 Å². The van der Waals surface area contributed by atoms with Crippen molar-refractivity contribution >= 4 is 10.9 Å². The molecule has 0 aliphatic rings. The van der Waals surface area contributed by atoms with Gasteiger partial charge in [0.25, 0.3) is 5.56 Å². The number of hydrogen-bond acceptors (Lipinski definition) is 3. The Balaban J connectivity index is 2.46. The Morgan fingerprint density at radius 1 is 1.14 bits per heavy atom. The third-order valence-corrected chi connectivity index (χ3v) is 3.81. The highest BCUT2D eigenvalue weighted by atomic mass is 16.5. The van der Waals surface area contributed by atoms with E-state index in [9.17, 15) is 4.79 Å². The molecule has 0 radical (unpaired) electrons.